The molecule has 7 heteroatoms. The van der Waals surface area contributed by atoms with Crippen LogP contribution in [0.5, 0.6) is 11.5 Å². The molecule has 0 spiro atoms. The van der Waals surface area contributed by atoms with E-state index in [2.05, 4.69) is 20.9 Å². The summed E-state index contributed by atoms with van der Waals surface area (Å²) in [6.45, 7) is 1.33. The maximum Gasteiger partial charge on any atom is 0.322 e. The smallest absolute Gasteiger partial charge is 0.322 e. The number of urea groups is 1. The normalized spacial score (nSPS) is 15.6. The minimum Gasteiger partial charge on any atom is -0.493 e. The van der Waals surface area contributed by atoms with Gasteiger partial charge in [0.2, 0.25) is 0 Å². The van der Waals surface area contributed by atoms with Gasteiger partial charge < -0.3 is 24.3 Å². The third-order valence-corrected chi connectivity index (χ3v) is 4.97. The molecule has 2 aromatic heterocycles. The van der Waals surface area contributed by atoms with Crippen LogP contribution in [0.1, 0.15) is 17.3 Å². The van der Waals surface area contributed by atoms with Crippen LogP contribution in [0.4, 0.5) is 10.5 Å². The lowest BCUT2D eigenvalue weighted by atomic mass is 10.0. The van der Waals surface area contributed by atoms with Gasteiger partial charge in [-0.2, -0.15) is 0 Å². The van der Waals surface area contributed by atoms with E-state index in [0.717, 1.165) is 17.8 Å². The van der Waals surface area contributed by atoms with Gasteiger partial charge in [0.05, 0.1) is 25.9 Å². The standard InChI is InChI=1S/C21H22N4O3/c1-27-18-7-3-5-16(20(18)28-2)23-21(26)25-14-13-24-12-4-6-17(24)19(25)15-8-10-22-11-9-15/h3-12,19H,13-14H2,1-2H3,(H,23,26)/t19-/m1/s1. The second-order valence-corrected chi connectivity index (χ2v) is 6.47. The Morgan fingerprint density at radius 3 is 2.64 bits per heavy atom. The number of ether oxygens (including phenoxy) is 2. The molecular weight excluding hydrogens is 356 g/mol. The highest BCUT2D eigenvalue weighted by Gasteiger charge is 2.32. The molecule has 0 radical (unpaired) electrons. The van der Waals surface area contributed by atoms with Crippen LogP contribution in [0.15, 0.2) is 61.1 Å². The van der Waals surface area contributed by atoms with Gasteiger partial charge in [0.1, 0.15) is 0 Å². The maximum atomic E-state index is 13.2. The molecule has 1 atom stereocenters. The van der Waals surface area contributed by atoms with Gasteiger partial charge >= 0.3 is 6.03 Å². The first-order chi connectivity index (χ1) is 13.7. The Morgan fingerprint density at radius 2 is 1.89 bits per heavy atom. The third kappa shape index (κ3) is 3.15. The van der Waals surface area contributed by atoms with Gasteiger partial charge in [-0.1, -0.05) is 6.07 Å². The van der Waals surface area contributed by atoms with Crippen molar-refractivity contribution in [2.75, 3.05) is 26.1 Å². The fraction of sp³-hybridized carbons (Fsp3) is 0.238. The SMILES string of the molecule is COc1cccc(NC(=O)N2CCn3cccc3[C@H]2c2ccncc2)c1OC. The molecule has 28 heavy (non-hydrogen) atoms. The Hall–Kier alpha value is -3.48. The lowest BCUT2D eigenvalue weighted by Crippen LogP contribution is -2.44. The van der Waals surface area contributed by atoms with Crippen molar-refractivity contribution in [2.24, 2.45) is 0 Å². The van der Waals surface area contributed by atoms with Crippen molar-refractivity contribution in [1.29, 1.82) is 0 Å². The number of carbonyl (C=O) groups is 1. The summed E-state index contributed by atoms with van der Waals surface area (Å²) >= 11 is 0. The Labute approximate surface area is 163 Å². The molecule has 0 bridgehead atoms. The number of rotatable bonds is 4. The highest BCUT2D eigenvalue weighted by molar-refractivity contribution is 5.92. The number of para-hydroxylation sites is 1. The Bertz CT molecular complexity index is 971. The highest BCUT2D eigenvalue weighted by atomic mass is 16.5. The van der Waals surface area contributed by atoms with E-state index in [-0.39, 0.29) is 12.1 Å². The van der Waals surface area contributed by atoms with E-state index in [4.69, 9.17) is 9.47 Å². The van der Waals surface area contributed by atoms with Gasteiger partial charge in [0.25, 0.3) is 0 Å². The summed E-state index contributed by atoms with van der Waals surface area (Å²) in [6, 6.07) is 13.0. The van der Waals surface area contributed by atoms with Crippen LogP contribution in [-0.4, -0.2) is 41.2 Å². The largest absolute Gasteiger partial charge is 0.493 e. The number of pyridine rings is 1. The number of nitrogens with zero attached hydrogens (tertiary/aromatic N) is 3. The molecule has 0 unspecified atom stereocenters. The lowest BCUT2D eigenvalue weighted by Gasteiger charge is -2.37. The predicted octanol–water partition coefficient (Wildman–Crippen LogP) is 3.54. The summed E-state index contributed by atoms with van der Waals surface area (Å²) in [7, 11) is 3.13. The van der Waals surface area contributed by atoms with Crippen molar-refractivity contribution >= 4 is 11.7 Å². The summed E-state index contributed by atoms with van der Waals surface area (Å²) in [5.41, 5.74) is 2.66. The van der Waals surface area contributed by atoms with Crippen molar-refractivity contribution in [3.05, 3.63) is 72.3 Å². The molecule has 3 heterocycles. The Morgan fingerprint density at radius 1 is 1.07 bits per heavy atom. The van der Waals surface area contributed by atoms with E-state index in [0.29, 0.717) is 23.7 Å². The number of hydrogen-bond donors (Lipinski definition) is 1. The van der Waals surface area contributed by atoms with Crippen LogP contribution < -0.4 is 14.8 Å². The van der Waals surface area contributed by atoms with Crippen molar-refractivity contribution < 1.29 is 14.3 Å². The van der Waals surface area contributed by atoms with Crippen LogP contribution in [-0.2, 0) is 6.54 Å². The summed E-state index contributed by atoms with van der Waals surface area (Å²) in [4.78, 5) is 19.2. The van der Waals surface area contributed by atoms with Gasteiger partial charge in [0, 0.05) is 37.4 Å². The number of carbonyl (C=O) groups excluding carboxylic acids is 1. The molecule has 7 nitrogen and oxygen atoms in total. The molecule has 0 saturated heterocycles. The number of anilines is 1. The van der Waals surface area contributed by atoms with Crippen LogP contribution >= 0.6 is 0 Å². The van der Waals surface area contributed by atoms with Gasteiger partial charge in [0.15, 0.2) is 11.5 Å². The Balaban J connectivity index is 1.67. The summed E-state index contributed by atoms with van der Waals surface area (Å²) in [5, 5.41) is 2.99. The average molecular weight is 378 g/mol. The second-order valence-electron chi connectivity index (χ2n) is 6.47. The third-order valence-electron chi connectivity index (χ3n) is 4.97. The van der Waals surface area contributed by atoms with E-state index in [1.165, 1.54) is 0 Å². The van der Waals surface area contributed by atoms with Crippen molar-refractivity contribution in [3.8, 4) is 11.5 Å². The molecule has 0 aliphatic carbocycles. The zero-order valence-corrected chi connectivity index (χ0v) is 15.8. The topological polar surface area (TPSA) is 68.6 Å². The summed E-state index contributed by atoms with van der Waals surface area (Å²) < 4.78 is 13.0. The average Bonchev–Trinajstić information content (AvgIpc) is 3.22. The van der Waals surface area contributed by atoms with E-state index >= 15 is 0 Å². The maximum absolute atomic E-state index is 13.2. The second kappa shape index (κ2) is 7.64. The molecule has 1 aliphatic heterocycles. The van der Waals surface area contributed by atoms with Crippen molar-refractivity contribution in [3.63, 3.8) is 0 Å². The minimum absolute atomic E-state index is 0.191. The first kappa shape index (κ1) is 17.9. The zero-order chi connectivity index (χ0) is 19.5. The number of benzene rings is 1. The van der Waals surface area contributed by atoms with Gasteiger partial charge in [-0.3, -0.25) is 4.98 Å². The number of fused-ring (bicyclic) bond motifs is 1. The molecule has 3 aromatic rings. The van der Waals surface area contributed by atoms with Gasteiger partial charge in [-0.05, 0) is 42.0 Å². The van der Waals surface area contributed by atoms with Gasteiger partial charge in [-0.15, -0.1) is 0 Å². The molecule has 1 aromatic carbocycles. The molecule has 0 fully saturated rings. The molecule has 4 rings (SSSR count). The lowest BCUT2D eigenvalue weighted by molar-refractivity contribution is 0.181. The molecular formula is C21H22N4O3. The Kier molecular flexibility index (Phi) is 4.89. The zero-order valence-electron chi connectivity index (χ0n) is 15.8. The minimum atomic E-state index is -0.194. The number of aromatic nitrogens is 2. The van der Waals surface area contributed by atoms with Crippen molar-refractivity contribution in [2.45, 2.75) is 12.6 Å². The van der Waals surface area contributed by atoms with Crippen LogP contribution in [0, 0.1) is 0 Å². The number of nitrogens with one attached hydrogen (secondary N) is 1. The molecule has 2 amide bonds. The molecule has 1 aliphatic rings. The number of methoxy groups -OCH3 is 2. The number of amides is 2. The quantitative estimate of drug-likeness (QED) is 0.754. The molecule has 144 valence electrons. The predicted molar refractivity (Wildman–Crippen MR) is 106 cm³/mol. The van der Waals surface area contributed by atoms with E-state index in [1.807, 2.05) is 35.4 Å². The molecule has 0 saturated carbocycles. The van der Waals surface area contributed by atoms with Crippen LogP contribution in [0.25, 0.3) is 0 Å². The van der Waals surface area contributed by atoms with Crippen LogP contribution in [0.2, 0.25) is 0 Å². The molecule has 1 N–H and O–H groups in total. The first-order valence-corrected chi connectivity index (χ1v) is 9.06. The fourth-order valence-corrected chi connectivity index (χ4v) is 3.67. The highest BCUT2D eigenvalue weighted by Crippen LogP contribution is 2.36. The van der Waals surface area contributed by atoms with Crippen LogP contribution in [0.3, 0.4) is 0 Å². The van der Waals surface area contributed by atoms with Gasteiger partial charge in [-0.25, -0.2) is 4.79 Å². The van der Waals surface area contributed by atoms with E-state index in [9.17, 15) is 4.79 Å². The van der Waals surface area contributed by atoms with E-state index in [1.54, 1.807) is 38.7 Å². The first-order valence-electron chi connectivity index (χ1n) is 9.06. The van der Waals surface area contributed by atoms with E-state index < -0.39 is 0 Å². The summed E-state index contributed by atoms with van der Waals surface area (Å²) in [6.07, 6.45) is 5.54. The number of hydrogen-bond acceptors (Lipinski definition) is 4. The summed E-state index contributed by atoms with van der Waals surface area (Å²) in [5.74, 6) is 1.07. The monoisotopic (exact) mass is 378 g/mol. The fourth-order valence-electron chi connectivity index (χ4n) is 3.67. The van der Waals surface area contributed by atoms with Crippen molar-refractivity contribution in [1.82, 2.24) is 14.5 Å².